The van der Waals surface area contributed by atoms with Crippen LogP contribution in [0.15, 0.2) is 29.2 Å². The molecule has 72 valence electrons. The third-order valence-corrected chi connectivity index (χ3v) is 2.85. The van der Waals surface area contributed by atoms with Gasteiger partial charge in [0.2, 0.25) is 0 Å². The molecule has 0 unspecified atom stereocenters. The molecule has 0 saturated carbocycles. The molecular formula is C8H11NO2S2. The number of benzene rings is 1. The van der Waals surface area contributed by atoms with Crippen molar-refractivity contribution < 1.29 is 8.42 Å². The fraction of sp³-hybridized carbons (Fsp3) is 0.250. The summed E-state index contributed by atoms with van der Waals surface area (Å²) in [5.41, 5.74) is 0.863. The lowest BCUT2D eigenvalue weighted by Gasteiger charge is -2.03. The molecule has 0 saturated heterocycles. The van der Waals surface area contributed by atoms with Gasteiger partial charge in [0, 0.05) is 11.9 Å². The van der Waals surface area contributed by atoms with Crippen LogP contribution in [0.3, 0.4) is 0 Å². The van der Waals surface area contributed by atoms with E-state index in [1.807, 2.05) is 0 Å². The molecule has 0 amide bonds. The molecule has 13 heavy (non-hydrogen) atoms. The lowest BCUT2D eigenvalue weighted by molar-refractivity contribution is 0.602. The van der Waals surface area contributed by atoms with Gasteiger partial charge in [-0.1, -0.05) is 0 Å². The van der Waals surface area contributed by atoms with Crippen molar-refractivity contribution >= 4 is 28.2 Å². The van der Waals surface area contributed by atoms with Crippen LogP contribution in [0, 0.1) is 0 Å². The van der Waals surface area contributed by atoms with Gasteiger partial charge in [-0.3, -0.25) is 0 Å². The second-order valence-corrected chi connectivity index (χ2v) is 4.96. The maximum Gasteiger partial charge on any atom is 0.175 e. The molecule has 0 fully saturated rings. The summed E-state index contributed by atoms with van der Waals surface area (Å²) in [6, 6.07) is 6.57. The molecule has 0 aliphatic carbocycles. The Balaban J connectivity index is 2.94. The maximum absolute atomic E-state index is 11.1. The summed E-state index contributed by atoms with van der Waals surface area (Å²) in [6.45, 7) is 0. The molecule has 0 atom stereocenters. The summed E-state index contributed by atoms with van der Waals surface area (Å²) in [4.78, 5) is 0.331. The number of hydrogen-bond donors (Lipinski definition) is 2. The summed E-state index contributed by atoms with van der Waals surface area (Å²) in [6.07, 6.45) is 1.19. The van der Waals surface area contributed by atoms with Crippen LogP contribution in [0.4, 0.5) is 5.69 Å². The van der Waals surface area contributed by atoms with Gasteiger partial charge in [-0.15, -0.1) is 0 Å². The van der Waals surface area contributed by atoms with E-state index in [0.29, 0.717) is 10.8 Å². The van der Waals surface area contributed by atoms with E-state index < -0.39 is 9.84 Å². The molecule has 1 rings (SSSR count). The molecule has 0 aliphatic heterocycles. The summed E-state index contributed by atoms with van der Waals surface area (Å²) >= 11 is 3.99. The van der Waals surface area contributed by atoms with Crippen LogP contribution in [-0.4, -0.2) is 20.6 Å². The molecule has 0 radical (unpaired) electrons. The van der Waals surface area contributed by atoms with Gasteiger partial charge in [-0.25, -0.2) is 8.42 Å². The number of sulfone groups is 1. The molecule has 0 spiro atoms. The summed E-state index contributed by atoms with van der Waals surface area (Å²) in [7, 11) is -3.08. The Morgan fingerprint density at radius 1 is 1.31 bits per heavy atom. The number of nitrogens with one attached hydrogen (secondary N) is 1. The van der Waals surface area contributed by atoms with Crippen molar-refractivity contribution in [1.82, 2.24) is 0 Å². The third kappa shape index (κ3) is 2.93. The SMILES string of the molecule is CS(=O)(=O)c1ccc(NCS)cc1. The van der Waals surface area contributed by atoms with Gasteiger partial charge in [-0.05, 0) is 24.3 Å². The summed E-state index contributed by atoms with van der Waals surface area (Å²) in [5, 5.41) is 2.96. The van der Waals surface area contributed by atoms with Gasteiger partial charge >= 0.3 is 0 Å². The Hall–Kier alpha value is -0.680. The molecule has 1 aromatic rings. The number of hydrogen-bond acceptors (Lipinski definition) is 4. The predicted molar refractivity (Wildman–Crippen MR) is 57.0 cm³/mol. The van der Waals surface area contributed by atoms with Crippen LogP contribution in [0.1, 0.15) is 0 Å². The Morgan fingerprint density at radius 2 is 1.85 bits per heavy atom. The van der Waals surface area contributed by atoms with E-state index in [4.69, 9.17) is 0 Å². The Morgan fingerprint density at radius 3 is 2.23 bits per heavy atom. The highest BCUT2D eigenvalue weighted by molar-refractivity contribution is 7.90. The monoisotopic (exact) mass is 217 g/mol. The van der Waals surface area contributed by atoms with Crippen molar-refractivity contribution in [2.75, 3.05) is 17.4 Å². The number of anilines is 1. The van der Waals surface area contributed by atoms with E-state index in [1.54, 1.807) is 24.3 Å². The average Bonchev–Trinajstić information content (AvgIpc) is 2.04. The van der Waals surface area contributed by atoms with E-state index >= 15 is 0 Å². The minimum Gasteiger partial charge on any atom is -0.376 e. The zero-order valence-electron chi connectivity index (χ0n) is 7.19. The molecule has 1 N–H and O–H groups in total. The highest BCUT2D eigenvalue weighted by Crippen LogP contribution is 2.13. The van der Waals surface area contributed by atoms with Crippen molar-refractivity contribution in [3.05, 3.63) is 24.3 Å². The van der Waals surface area contributed by atoms with Gasteiger partial charge in [0.05, 0.1) is 10.8 Å². The third-order valence-electron chi connectivity index (χ3n) is 1.57. The first-order chi connectivity index (χ1) is 6.04. The zero-order valence-corrected chi connectivity index (χ0v) is 8.90. The molecule has 0 aliphatic rings. The Kier molecular flexibility index (Phi) is 3.22. The van der Waals surface area contributed by atoms with Gasteiger partial charge < -0.3 is 5.32 Å². The highest BCUT2D eigenvalue weighted by Gasteiger charge is 2.05. The smallest absolute Gasteiger partial charge is 0.175 e. The Bertz CT molecular complexity index is 370. The fourth-order valence-electron chi connectivity index (χ4n) is 0.911. The minimum atomic E-state index is -3.08. The van der Waals surface area contributed by atoms with E-state index in [1.165, 1.54) is 6.26 Å². The van der Waals surface area contributed by atoms with E-state index in [-0.39, 0.29) is 0 Å². The van der Waals surface area contributed by atoms with Crippen LogP contribution < -0.4 is 5.32 Å². The Labute approximate surface area is 83.5 Å². The van der Waals surface area contributed by atoms with Gasteiger partial charge in [-0.2, -0.15) is 12.6 Å². The molecule has 5 heteroatoms. The van der Waals surface area contributed by atoms with Crippen molar-refractivity contribution in [3.8, 4) is 0 Å². The lowest BCUT2D eigenvalue weighted by Crippen LogP contribution is -1.98. The first kappa shape index (κ1) is 10.4. The minimum absolute atomic E-state index is 0.331. The van der Waals surface area contributed by atoms with E-state index in [0.717, 1.165) is 5.69 Å². The van der Waals surface area contributed by atoms with Crippen LogP contribution in [0.5, 0.6) is 0 Å². The van der Waals surface area contributed by atoms with E-state index in [9.17, 15) is 8.42 Å². The molecule has 0 heterocycles. The van der Waals surface area contributed by atoms with Crippen LogP contribution in [0.2, 0.25) is 0 Å². The molecule has 3 nitrogen and oxygen atoms in total. The summed E-state index contributed by atoms with van der Waals surface area (Å²) in [5.74, 6) is 0.526. The second kappa shape index (κ2) is 4.02. The lowest BCUT2D eigenvalue weighted by atomic mass is 10.3. The fourth-order valence-corrected chi connectivity index (χ4v) is 1.72. The van der Waals surface area contributed by atoms with Crippen LogP contribution in [-0.2, 0) is 9.84 Å². The number of rotatable bonds is 3. The van der Waals surface area contributed by atoms with Gasteiger partial charge in [0.25, 0.3) is 0 Å². The normalized spacial score (nSPS) is 11.2. The van der Waals surface area contributed by atoms with Gasteiger partial charge in [0.15, 0.2) is 9.84 Å². The van der Waals surface area contributed by atoms with Gasteiger partial charge in [0.1, 0.15) is 0 Å². The van der Waals surface area contributed by atoms with Crippen molar-refractivity contribution in [2.45, 2.75) is 4.90 Å². The topological polar surface area (TPSA) is 46.2 Å². The maximum atomic E-state index is 11.1. The predicted octanol–water partition coefficient (Wildman–Crippen LogP) is 1.39. The van der Waals surface area contributed by atoms with Crippen LogP contribution >= 0.6 is 12.6 Å². The summed E-state index contributed by atoms with van der Waals surface area (Å²) < 4.78 is 22.1. The molecule has 1 aromatic carbocycles. The first-order valence-electron chi connectivity index (χ1n) is 3.69. The highest BCUT2D eigenvalue weighted by atomic mass is 32.2. The average molecular weight is 217 g/mol. The standard InChI is InChI=1S/C8H11NO2S2/c1-13(10,11)8-4-2-7(3-5-8)9-6-12/h2-5,9,12H,6H2,1H3. The van der Waals surface area contributed by atoms with Crippen molar-refractivity contribution in [1.29, 1.82) is 0 Å². The van der Waals surface area contributed by atoms with Crippen molar-refractivity contribution in [2.24, 2.45) is 0 Å². The number of thiol groups is 1. The molecule has 0 bridgehead atoms. The van der Waals surface area contributed by atoms with E-state index in [2.05, 4.69) is 17.9 Å². The quantitative estimate of drug-likeness (QED) is 0.594. The van der Waals surface area contributed by atoms with Crippen molar-refractivity contribution in [3.63, 3.8) is 0 Å². The second-order valence-electron chi connectivity index (χ2n) is 2.63. The van der Waals surface area contributed by atoms with Crippen LogP contribution in [0.25, 0.3) is 0 Å². The molecule has 0 aromatic heterocycles. The molecular weight excluding hydrogens is 206 g/mol. The zero-order chi connectivity index (χ0) is 9.90. The first-order valence-corrected chi connectivity index (χ1v) is 6.21. The largest absolute Gasteiger partial charge is 0.376 e.